The Morgan fingerprint density at radius 3 is 2.59 bits per heavy atom. The number of allylic oxidation sites excluding steroid dienone is 2. The van der Waals surface area contributed by atoms with Gasteiger partial charge in [-0.3, -0.25) is 10.4 Å². The quantitative estimate of drug-likeness (QED) is 0.887. The molecule has 0 bridgehead atoms. The van der Waals surface area contributed by atoms with Gasteiger partial charge in [0, 0.05) is 24.4 Å². The van der Waals surface area contributed by atoms with Gasteiger partial charge in [-0.1, -0.05) is 29.4 Å². The van der Waals surface area contributed by atoms with Gasteiger partial charge in [-0.25, -0.2) is 0 Å². The Bertz CT molecular complexity index is 813. The fourth-order valence-electron chi connectivity index (χ4n) is 2.49. The van der Waals surface area contributed by atoms with E-state index in [9.17, 15) is 0 Å². The summed E-state index contributed by atoms with van der Waals surface area (Å²) in [4.78, 5) is 4.23. The van der Waals surface area contributed by atoms with Gasteiger partial charge in [0.15, 0.2) is 0 Å². The van der Waals surface area contributed by atoms with Crippen molar-refractivity contribution >= 4 is 5.70 Å². The van der Waals surface area contributed by atoms with Gasteiger partial charge >= 0.3 is 0 Å². The van der Waals surface area contributed by atoms with E-state index in [1.165, 1.54) is 0 Å². The van der Waals surface area contributed by atoms with Crippen molar-refractivity contribution in [2.75, 3.05) is 0 Å². The molecular weight excluding hydrogens is 278 g/mol. The molecule has 0 atom stereocenters. The van der Waals surface area contributed by atoms with Crippen molar-refractivity contribution in [2.45, 2.75) is 13.8 Å². The highest BCUT2D eigenvalue weighted by molar-refractivity contribution is 5.69. The average Bonchev–Trinajstić information content (AvgIpc) is 3.11. The highest BCUT2D eigenvalue weighted by Gasteiger charge is 2.18. The lowest BCUT2D eigenvalue weighted by atomic mass is 10.1. The minimum Gasteiger partial charge on any atom is -0.358 e. The van der Waals surface area contributed by atoms with Gasteiger partial charge in [0.2, 0.25) is 11.7 Å². The summed E-state index contributed by atoms with van der Waals surface area (Å²) in [6.45, 7) is 3.82. The number of aryl methyl sites for hydroxylation is 1. The van der Waals surface area contributed by atoms with Crippen LogP contribution < -0.4 is 10.7 Å². The molecule has 6 nitrogen and oxygen atoms in total. The number of nitrogens with zero attached hydrogens (tertiary/aromatic N) is 3. The first-order valence-electron chi connectivity index (χ1n) is 7.03. The van der Waals surface area contributed by atoms with Crippen molar-refractivity contribution < 1.29 is 4.52 Å². The van der Waals surface area contributed by atoms with E-state index in [2.05, 4.69) is 27.0 Å². The van der Waals surface area contributed by atoms with Crippen LogP contribution in [0.4, 0.5) is 0 Å². The number of hydrogen-bond donors (Lipinski definition) is 2. The molecule has 3 heterocycles. The Morgan fingerprint density at radius 2 is 1.86 bits per heavy atom. The molecule has 22 heavy (non-hydrogen) atoms. The van der Waals surface area contributed by atoms with Crippen LogP contribution in [0, 0.1) is 6.92 Å². The van der Waals surface area contributed by atoms with Crippen molar-refractivity contribution in [1.29, 1.82) is 0 Å². The van der Waals surface area contributed by atoms with Gasteiger partial charge in [-0.05, 0) is 18.6 Å². The SMILES string of the molecule is CC1=CC2=CNC(c3ccc(-c4noc(C)n4)cc3)=CN2N1. The molecule has 2 aliphatic rings. The van der Waals surface area contributed by atoms with Crippen molar-refractivity contribution in [1.82, 2.24) is 25.9 Å². The molecular formula is C16H15N5O. The molecule has 2 N–H and O–H groups in total. The zero-order valence-corrected chi connectivity index (χ0v) is 12.3. The molecule has 6 heteroatoms. The summed E-state index contributed by atoms with van der Waals surface area (Å²) in [6, 6.07) is 8.05. The highest BCUT2D eigenvalue weighted by Crippen LogP contribution is 2.24. The number of hydrazine groups is 1. The number of hydrogen-bond acceptors (Lipinski definition) is 6. The predicted octanol–water partition coefficient (Wildman–Crippen LogP) is 2.51. The van der Waals surface area contributed by atoms with E-state index in [4.69, 9.17) is 4.52 Å². The fraction of sp³-hybridized carbons (Fsp3) is 0.125. The molecule has 0 saturated heterocycles. The van der Waals surface area contributed by atoms with Crippen molar-refractivity contribution in [3.8, 4) is 11.4 Å². The normalized spacial score (nSPS) is 16.3. The predicted molar refractivity (Wildman–Crippen MR) is 82.4 cm³/mol. The zero-order chi connectivity index (χ0) is 15.1. The number of rotatable bonds is 2. The molecule has 2 aromatic rings. The molecule has 0 unspecified atom stereocenters. The van der Waals surface area contributed by atoms with E-state index in [0.29, 0.717) is 11.7 Å². The van der Waals surface area contributed by atoms with Crippen LogP contribution in [0.15, 0.2) is 58.7 Å². The molecule has 0 radical (unpaired) electrons. The topological polar surface area (TPSA) is 66.2 Å². The van der Waals surface area contributed by atoms with Crippen LogP contribution in [0.3, 0.4) is 0 Å². The van der Waals surface area contributed by atoms with Crippen molar-refractivity contribution in [3.05, 3.63) is 65.6 Å². The second kappa shape index (κ2) is 4.77. The smallest absolute Gasteiger partial charge is 0.223 e. The van der Waals surface area contributed by atoms with Gasteiger partial charge in [0.25, 0.3) is 0 Å². The summed E-state index contributed by atoms with van der Waals surface area (Å²) in [6.07, 6.45) is 6.10. The summed E-state index contributed by atoms with van der Waals surface area (Å²) in [5.74, 6) is 1.18. The van der Waals surface area contributed by atoms with Gasteiger partial charge in [-0.15, -0.1) is 0 Å². The van der Waals surface area contributed by atoms with Gasteiger partial charge in [0.05, 0.1) is 17.6 Å². The third-order valence-electron chi connectivity index (χ3n) is 3.55. The molecule has 1 aromatic heterocycles. The molecule has 0 aliphatic carbocycles. The maximum absolute atomic E-state index is 5.01. The van der Waals surface area contributed by atoms with Gasteiger partial charge < -0.3 is 9.84 Å². The first kappa shape index (κ1) is 12.7. The molecule has 4 rings (SSSR count). The summed E-state index contributed by atoms with van der Waals surface area (Å²) in [5, 5.41) is 9.24. The van der Waals surface area contributed by atoms with Crippen LogP contribution in [-0.2, 0) is 0 Å². The van der Waals surface area contributed by atoms with Gasteiger partial charge in [-0.2, -0.15) is 4.98 Å². The number of aromatic nitrogens is 2. The first-order chi connectivity index (χ1) is 10.7. The first-order valence-corrected chi connectivity index (χ1v) is 7.03. The van der Waals surface area contributed by atoms with Gasteiger partial charge in [0.1, 0.15) is 0 Å². The average molecular weight is 293 g/mol. The lowest BCUT2D eigenvalue weighted by Crippen LogP contribution is -2.29. The number of fused-ring (bicyclic) bond motifs is 1. The molecule has 0 saturated carbocycles. The molecule has 2 aliphatic heterocycles. The molecule has 0 spiro atoms. The second-order valence-corrected chi connectivity index (χ2v) is 5.28. The van der Waals surface area contributed by atoms with Crippen LogP contribution in [0.25, 0.3) is 17.1 Å². The fourth-order valence-corrected chi connectivity index (χ4v) is 2.49. The maximum atomic E-state index is 5.01. The lowest BCUT2D eigenvalue weighted by molar-refractivity contribution is 0.394. The third kappa shape index (κ3) is 2.14. The maximum Gasteiger partial charge on any atom is 0.223 e. The summed E-state index contributed by atoms with van der Waals surface area (Å²) >= 11 is 0. The van der Waals surface area contributed by atoms with Crippen molar-refractivity contribution in [3.63, 3.8) is 0 Å². The lowest BCUT2D eigenvalue weighted by Gasteiger charge is -2.23. The number of benzene rings is 1. The third-order valence-corrected chi connectivity index (χ3v) is 3.55. The van der Waals surface area contributed by atoms with E-state index in [0.717, 1.165) is 28.2 Å². The Kier molecular flexibility index (Phi) is 2.75. The van der Waals surface area contributed by atoms with E-state index in [1.54, 1.807) is 6.92 Å². The molecule has 1 aromatic carbocycles. The largest absolute Gasteiger partial charge is 0.358 e. The monoisotopic (exact) mass is 293 g/mol. The number of nitrogens with one attached hydrogen (secondary N) is 2. The minimum absolute atomic E-state index is 0.566. The highest BCUT2D eigenvalue weighted by atomic mass is 16.5. The molecule has 110 valence electrons. The summed E-state index contributed by atoms with van der Waals surface area (Å²) < 4.78 is 5.01. The Labute approximate surface area is 127 Å². The van der Waals surface area contributed by atoms with Crippen LogP contribution in [-0.4, -0.2) is 15.1 Å². The van der Waals surface area contributed by atoms with Crippen LogP contribution >= 0.6 is 0 Å². The van der Waals surface area contributed by atoms with E-state index in [1.807, 2.05) is 48.6 Å². The standard InChI is InChI=1S/C16H15N5O/c1-10-7-14-8-17-15(9-21(14)19-10)12-3-5-13(6-4-12)16-18-11(2)22-20-16/h3-9,17,19H,1-2H3. The summed E-state index contributed by atoms with van der Waals surface area (Å²) in [5.41, 5.74) is 8.54. The Balaban J connectivity index is 1.58. The summed E-state index contributed by atoms with van der Waals surface area (Å²) in [7, 11) is 0. The van der Waals surface area contributed by atoms with Crippen LogP contribution in [0.2, 0.25) is 0 Å². The van der Waals surface area contributed by atoms with E-state index >= 15 is 0 Å². The van der Waals surface area contributed by atoms with E-state index in [-0.39, 0.29) is 0 Å². The van der Waals surface area contributed by atoms with Crippen molar-refractivity contribution in [2.24, 2.45) is 0 Å². The zero-order valence-electron chi connectivity index (χ0n) is 12.3. The minimum atomic E-state index is 0.566. The van der Waals surface area contributed by atoms with Crippen LogP contribution in [0.5, 0.6) is 0 Å². The van der Waals surface area contributed by atoms with E-state index < -0.39 is 0 Å². The molecule has 0 amide bonds. The Hall–Kier alpha value is -3.02. The second-order valence-electron chi connectivity index (χ2n) is 5.28. The van der Waals surface area contributed by atoms with Crippen LogP contribution in [0.1, 0.15) is 18.4 Å². The molecule has 0 fully saturated rings. The Morgan fingerprint density at radius 1 is 1.09 bits per heavy atom.